The topological polar surface area (TPSA) is 105 Å². The lowest BCUT2D eigenvalue weighted by molar-refractivity contribution is -0.384. The molecular weight excluding hydrogens is 385 g/mol. The average Bonchev–Trinajstić information content (AvgIpc) is 2.72. The van der Waals surface area contributed by atoms with Crippen LogP contribution in [0.5, 0.6) is 0 Å². The van der Waals surface area contributed by atoms with Gasteiger partial charge in [-0.3, -0.25) is 24.4 Å². The van der Waals surface area contributed by atoms with Crippen LogP contribution in [0.2, 0.25) is 6.82 Å². The van der Waals surface area contributed by atoms with E-state index < -0.39 is 12.0 Å². The monoisotopic (exact) mass is 409 g/mol. The summed E-state index contributed by atoms with van der Waals surface area (Å²) in [5, 5.41) is 21.0. The summed E-state index contributed by atoms with van der Waals surface area (Å²) in [5.74, 6) is 0.537. The van der Waals surface area contributed by atoms with Gasteiger partial charge in [0.25, 0.3) is 11.2 Å². The number of aromatic nitrogens is 2. The quantitative estimate of drug-likeness (QED) is 0.343. The maximum atomic E-state index is 13.3. The molecule has 1 heterocycles. The Hall–Kier alpha value is -3.08. The fourth-order valence-electron chi connectivity index (χ4n) is 3.12. The molecule has 10 heteroatoms. The SMILES string of the molecule is CB(O)N(C)CCN(C)Cc1nc2ccc([N+](=O)[O-])cc2c(=O)n1-c1ccccc1. The molecule has 156 valence electrons. The number of rotatable bonds is 8. The molecule has 0 amide bonds. The van der Waals surface area contributed by atoms with Crippen LogP contribution in [0.25, 0.3) is 16.6 Å². The maximum absolute atomic E-state index is 13.3. The van der Waals surface area contributed by atoms with E-state index in [2.05, 4.69) is 4.98 Å². The molecule has 0 bridgehead atoms. The van der Waals surface area contributed by atoms with Crippen molar-refractivity contribution in [2.24, 2.45) is 0 Å². The Balaban J connectivity index is 2.05. The molecule has 9 nitrogen and oxygen atoms in total. The van der Waals surface area contributed by atoms with Gasteiger partial charge in [0.2, 0.25) is 0 Å². The van der Waals surface area contributed by atoms with Crippen molar-refractivity contribution < 1.29 is 9.95 Å². The lowest BCUT2D eigenvalue weighted by Gasteiger charge is -2.23. The van der Waals surface area contributed by atoms with Gasteiger partial charge in [0, 0.05) is 25.2 Å². The highest BCUT2D eigenvalue weighted by Gasteiger charge is 2.18. The van der Waals surface area contributed by atoms with Gasteiger partial charge < -0.3 is 9.83 Å². The van der Waals surface area contributed by atoms with Gasteiger partial charge in [-0.15, -0.1) is 0 Å². The zero-order valence-corrected chi connectivity index (χ0v) is 17.2. The van der Waals surface area contributed by atoms with Gasteiger partial charge in [0.05, 0.1) is 28.1 Å². The van der Waals surface area contributed by atoms with E-state index >= 15 is 0 Å². The Morgan fingerprint density at radius 1 is 1.17 bits per heavy atom. The van der Waals surface area contributed by atoms with Crippen molar-refractivity contribution in [3.05, 3.63) is 74.8 Å². The summed E-state index contributed by atoms with van der Waals surface area (Å²) in [5.41, 5.74) is 0.571. The highest BCUT2D eigenvalue weighted by atomic mass is 16.6. The molecule has 2 aromatic carbocycles. The van der Waals surface area contributed by atoms with Gasteiger partial charge in [0.15, 0.2) is 0 Å². The molecule has 0 aliphatic rings. The number of benzene rings is 2. The first-order valence-electron chi connectivity index (χ1n) is 9.60. The van der Waals surface area contributed by atoms with E-state index in [0.717, 1.165) is 0 Å². The number of nitro groups is 1. The number of hydrogen-bond donors (Lipinski definition) is 1. The van der Waals surface area contributed by atoms with Crippen LogP contribution in [0.4, 0.5) is 5.69 Å². The summed E-state index contributed by atoms with van der Waals surface area (Å²) in [6, 6.07) is 13.2. The largest absolute Gasteiger partial charge is 0.437 e. The highest BCUT2D eigenvalue weighted by Crippen LogP contribution is 2.19. The second-order valence-electron chi connectivity index (χ2n) is 7.31. The van der Waals surface area contributed by atoms with Crippen molar-refractivity contribution in [2.75, 3.05) is 27.2 Å². The van der Waals surface area contributed by atoms with Crippen molar-refractivity contribution in [2.45, 2.75) is 13.4 Å². The van der Waals surface area contributed by atoms with Gasteiger partial charge in [-0.2, -0.15) is 0 Å². The van der Waals surface area contributed by atoms with E-state index in [1.165, 1.54) is 22.8 Å². The average molecular weight is 409 g/mol. The van der Waals surface area contributed by atoms with Gasteiger partial charge in [-0.05, 0) is 39.1 Å². The number of hydrogen-bond acceptors (Lipinski definition) is 7. The smallest absolute Gasteiger partial charge is 0.376 e. The fraction of sp³-hybridized carbons (Fsp3) is 0.300. The van der Waals surface area contributed by atoms with Crippen LogP contribution < -0.4 is 5.56 Å². The molecule has 0 saturated carbocycles. The Labute approximate surface area is 174 Å². The third-order valence-electron chi connectivity index (χ3n) is 5.03. The minimum atomic E-state index is -0.546. The molecule has 0 atom stereocenters. The lowest BCUT2D eigenvalue weighted by atomic mass is 9.86. The summed E-state index contributed by atoms with van der Waals surface area (Å²) in [6.07, 6.45) is 0. The molecule has 0 saturated heterocycles. The van der Waals surface area contributed by atoms with E-state index in [-0.39, 0.29) is 16.6 Å². The first kappa shape index (κ1) is 21.6. The predicted molar refractivity (Wildman–Crippen MR) is 117 cm³/mol. The molecule has 3 aromatic rings. The van der Waals surface area contributed by atoms with E-state index in [9.17, 15) is 19.9 Å². The molecule has 0 fully saturated rings. The van der Waals surface area contributed by atoms with Crippen LogP contribution in [0, 0.1) is 10.1 Å². The number of fused-ring (bicyclic) bond motifs is 1. The summed E-state index contributed by atoms with van der Waals surface area (Å²) in [6.45, 7) is 3.40. The van der Waals surface area contributed by atoms with Crippen LogP contribution in [-0.4, -0.2) is 63.4 Å². The number of non-ortho nitro benzene ring substituents is 1. The van der Waals surface area contributed by atoms with Gasteiger partial charge in [0.1, 0.15) is 5.82 Å². The van der Waals surface area contributed by atoms with Crippen LogP contribution in [0.15, 0.2) is 53.3 Å². The number of nitrogens with zero attached hydrogens (tertiary/aromatic N) is 5. The Kier molecular flexibility index (Phi) is 6.61. The highest BCUT2D eigenvalue weighted by molar-refractivity contribution is 6.45. The van der Waals surface area contributed by atoms with Crippen LogP contribution >= 0.6 is 0 Å². The zero-order valence-electron chi connectivity index (χ0n) is 17.2. The summed E-state index contributed by atoms with van der Waals surface area (Å²) >= 11 is 0. The minimum absolute atomic E-state index is 0.146. The van der Waals surface area contributed by atoms with E-state index in [1.807, 2.05) is 42.0 Å². The number of likely N-dealkylation sites (N-methyl/N-ethyl adjacent to an activating group) is 2. The summed E-state index contributed by atoms with van der Waals surface area (Å²) < 4.78 is 1.50. The molecule has 0 unspecified atom stereocenters. The van der Waals surface area contributed by atoms with E-state index in [0.29, 0.717) is 36.7 Å². The first-order chi connectivity index (χ1) is 14.3. The maximum Gasteiger partial charge on any atom is 0.376 e. The Bertz CT molecular complexity index is 1100. The van der Waals surface area contributed by atoms with Crippen molar-refractivity contribution in [3.63, 3.8) is 0 Å². The lowest BCUT2D eigenvalue weighted by Crippen LogP contribution is -2.39. The standard InChI is InChI=1S/C20H24BN5O4/c1-21(28)24(3)12-11-23(2)14-19-22-18-10-9-16(26(29)30)13-17(18)20(27)25(19)15-7-5-4-6-8-15/h4-10,13,28H,11-12,14H2,1-3H3. The fourth-order valence-corrected chi connectivity index (χ4v) is 3.12. The molecule has 1 aromatic heterocycles. The van der Waals surface area contributed by atoms with E-state index in [1.54, 1.807) is 19.0 Å². The Morgan fingerprint density at radius 3 is 2.50 bits per heavy atom. The second-order valence-corrected chi connectivity index (χ2v) is 7.31. The van der Waals surface area contributed by atoms with Crippen LogP contribution in [0.3, 0.4) is 0 Å². The molecule has 3 rings (SSSR count). The normalized spacial score (nSPS) is 11.4. The Morgan fingerprint density at radius 2 is 1.87 bits per heavy atom. The summed E-state index contributed by atoms with van der Waals surface area (Å²) in [4.78, 5) is 32.4. The molecule has 0 aliphatic heterocycles. The third-order valence-corrected chi connectivity index (χ3v) is 5.03. The van der Waals surface area contributed by atoms with Crippen LogP contribution in [0.1, 0.15) is 5.82 Å². The number of nitro benzene ring substituents is 1. The van der Waals surface area contributed by atoms with E-state index in [4.69, 9.17) is 0 Å². The second kappa shape index (κ2) is 9.16. The summed E-state index contributed by atoms with van der Waals surface area (Å²) in [7, 11) is 3.20. The van der Waals surface area contributed by atoms with Crippen molar-refractivity contribution in [1.82, 2.24) is 19.3 Å². The van der Waals surface area contributed by atoms with Gasteiger partial charge in [-0.25, -0.2) is 4.98 Å². The molecular formula is C20H24BN5O4. The first-order valence-corrected chi connectivity index (χ1v) is 9.60. The third kappa shape index (κ3) is 4.73. The van der Waals surface area contributed by atoms with Crippen LogP contribution in [-0.2, 0) is 6.54 Å². The van der Waals surface area contributed by atoms with Gasteiger partial charge >= 0.3 is 7.05 Å². The number of para-hydroxylation sites is 1. The van der Waals surface area contributed by atoms with Crippen molar-refractivity contribution >= 4 is 23.6 Å². The van der Waals surface area contributed by atoms with Crippen molar-refractivity contribution in [1.29, 1.82) is 0 Å². The molecule has 0 aliphatic carbocycles. The molecule has 0 radical (unpaired) electrons. The minimum Gasteiger partial charge on any atom is -0.437 e. The zero-order chi connectivity index (χ0) is 21.8. The molecule has 1 N–H and O–H groups in total. The molecule has 30 heavy (non-hydrogen) atoms. The van der Waals surface area contributed by atoms with Crippen molar-refractivity contribution in [3.8, 4) is 5.69 Å². The molecule has 0 spiro atoms. The van der Waals surface area contributed by atoms with Gasteiger partial charge in [-0.1, -0.05) is 18.2 Å². The predicted octanol–water partition coefficient (Wildman–Crippen LogP) is 1.77.